The number of aromatic amines is 2. The van der Waals surface area contributed by atoms with Crippen molar-refractivity contribution in [2.75, 3.05) is 0 Å². The van der Waals surface area contributed by atoms with Crippen LogP contribution in [0.1, 0.15) is 5.56 Å². The summed E-state index contributed by atoms with van der Waals surface area (Å²) in [4.78, 5) is 7.13. The first-order valence-corrected chi connectivity index (χ1v) is 7.23. The highest BCUT2D eigenvalue weighted by molar-refractivity contribution is 6.19. The standard InChI is InChI=1S/C19H14N2/c1-11-18-13-7-3-5-9-16(13)20-17(18)10-14-12-6-2-4-8-15(12)21-19(11)14/h2-10,20-21H,1H3. The molecule has 2 N–H and O–H groups in total. The van der Waals surface area contributed by atoms with Crippen molar-refractivity contribution < 1.29 is 0 Å². The Kier molecular flexibility index (Phi) is 1.92. The Bertz CT molecular complexity index is 1140. The molecule has 0 radical (unpaired) electrons. The Labute approximate surface area is 121 Å². The fourth-order valence-electron chi connectivity index (χ4n) is 3.55. The van der Waals surface area contributed by atoms with E-state index in [4.69, 9.17) is 0 Å². The minimum atomic E-state index is 1.20. The fraction of sp³-hybridized carbons (Fsp3) is 0.0526. The highest BCUT2D eigenvalue weighted by atomic mass is 14.7. The van der Waals surface area contributed by atoms with Crippen molar-refractivity contribution in [1.82, 2.24) is 9.97 Å². The molecule has 5 rings (SSSR count). The highest BCUT2D eigenvalue weighted by Gasteiger charge is 2.13. The van der Waals surface area contributed by atoms with Crippen LogP contribution in [0.15, 0.2) is 54.6 Å². The van der Waals surface area contributed by atoms with Gasteiger partial charge in [0.05, 0.1) is 5.52 Å². The zero-order chi connectivity index (χ0) is 14.0. The summed E-state index contributed by atoms with van der Waals surface area (Å²) in [7, 11) is 0. The number of H-pyrrole nitrogens is 2. The molecular weight excluding hydrogens is 256 g/mol. The van der Waals surface area contributed by atoms with Crippen molar-refractivity contribution >= 4 is 43.6 Å². The lowest BCUT2D eigenvalue weighted by atomic mass is 10.0. The molecule has 0 saturated carbocycles. The largest absolute Gasteiger partial charge is 0.354 e. The maximum absolute atomic E-state index is 3.58. The molecule has 3 aromatic carbocycles. The Morgan fingerprint density at radius 1 is 0.667 bits per heavy atom. The summed E-state index contributed by atoms with van der Waals surface area (Å²) in [5, 5.41) is 5.20. The number of aryl methyl sites for hydroxylation is 1. The summed E-state index contributed by atoms with van der Waals surface area (Å²) in [5.74, 6) is 0. The van der Waals surface area contributed by atoms with Crippen LogP contribution in [0.4, 0.5) is 0 Å². The molecule has 2 nitrogen and oxygen atoms in total. The van der Waals surface area contributed by atoms with Gasteiger partial charge in [-0.15, -0.1) is 0 Å². The van der Waals surface area contributed by atoms with Gasteiger partial charge in [-0.25, -0.2) is 0 Å². The molecule has 100 valence electrons. The van der Waals surface area contributed by atoms with Crippen LogP contribution in [0.5, 0.6) is 0 Å². The second-order valence-corrected chi connectivity index (χ2v) is 5.69. The molecule has 0 bridgehead atoms. The first-order valence-electron chi connectivity index (χ1n) is 7.23. The Hall–Kier alpha value is -2.74. The minimum Gasteiger partial charge on any atom is -0.354 e. The van der Waals surface area contributed by atoms with Crippen LogP contribution < -0.4 is 0 Å². The number of fused-ring (bicyclic) bond motifs is 6. The third kappa shape index (κ3) is 1.32. The van der Waals surface area contributed by atoms with Crippen LogP contribution in [-0.2, 0) is 0 Å². The van der Waals surface area contributed by atoms with Gasteiger partial charge in [-0.1, -0.05) is 36.4 Å². The van der Waals surface area contributed by atoms with Crippen LogP contribution in [0.2, 0.25) is 0 Å². The average molecular weight is 270 g/mol. The third-order valence-corrected chi connectivity index (χ3v) is 4.52. The van der Waals surface area contributed by atoms with Crippen LogP contribution in [0.3, 0.4) is 0 Å². The van der Waals surface area contributed by atoms with Gasteiger partial charge in [0.25, 0.3) is 0 Å². The summed E-state index contributed by atoms with van der Waals surface area (Å²) in [6, 6.07) is 19.3. The lowest BCUT2D eigenvalue weighted by molar-refractivity contribution is 1.48. The van der Waals surface area contributed by atoms with Crippen LogP contribution in [0.25, 0.3) is 43.6 Å². The van der Waals surface area contributed by atoms with Gasteiger partial charge < -0.3 is 9.97 Å². The van der Waals surface area contributed by atoms with E-state index in [9.17, 15) is 0 Å². The Balaban J connectivity index is 2.10. The average Bonchev–Trinajstić information content (AvgIpc) is 3.06. The first-order chi connectivity index (χ1) is 10.3. The van der Waals surface area contributed by atoms with E-state index in [1.165, 1.54) is 49.2 Å². The summed E-state index contributed by atoms with van der Waals surface area (Å²) in [6.07, 6.45) is 0. The molecule has 0 spiro atoms. The lowest BCUT2D eigenvalue weighted by Crippen LogP contribution is -1.79. The summed E-state index contributed by atoms with van der Waals surface area (Å²) >= 11 is 0. The van der Waals surface area contributed by atoms with E-state index < -0.39 is 0 Å². The molecule has 0 aliphatic rings. The maximum Gasteiger partial charge on any atom is 0.0502 e. The third-order valence-electron chi connectivity index (χ3n) is 4.52. The number of aromatic nitrogens is 2. The molecule has 2 heteroatoms. The number of hydrogen-bond acceptors (Lipinski definition) is 0. The molecule has 2 heterocycles. The van der Waals surface area contributed by atoms with Gasteiger partial charge in [0.1, 0.15) is 0 Å². The van der Waals surface area contributed by atoms with Gasteiger partial charge in [-0.05, 0) is 30.7 Å². The van der Waals surface area contributed by atoms with E-state index in [2.05, 4.69) is 71.5 Å². The summed E-state index contributed by atoms with van der Waals surface area (Å²) in [6.45, 7) is 2.21. The van der Waals surface area contributed by atoms with E-state index in [0.29, 0.717) is 0 Å². The molecular formula is C19H14N2. The molecule has 21 heavy (non-hydrogen) atoms. The smallest absolute Gasteiger partial charge is 0.0502 e. The maximum atomic E-state index is 3.58. The van der Waals surface area contributed by atoms with Gasteiger partial charge in [0.2, 0.25) is 0 Å². The number of para-hydroxylation sites is 2. The SMILES string of the molecule is Cc1c2[nH]c3ccccc3c2cc2[nH]c3ccccc3c12. The molecule has 0 aliphatic carbocycles. The fourth-order valence-corrected chi connectivity index (χ4v) is 3.55. The van der Waals surface area contributed by atoms with Crippen molar-refractivity contribution in [3.63, 3.8) is 0 Å². The Morgan fingerprint density at radius 2 is 1.33 bits per heavy atom. The monoisotopic (exact) mass is 270 g/mol. The Morgan fingerprint density at radius 3 is 2.14 bits per heavy atom. The van der Waals surface area contributed by atoms with Crippen LogP contribution in [0, 0.1) is 6.92 Å². The minimum absolute atomic E-state index is 1.20. The van der Waals surface area contributed by atoms with Gasteiger partial charge in [-0.2, -0.15) is 0 Å². The molecule has 0 saturated heterocycles. The molecule has 0 fully saturated rings. The second kappa shape index (κ2) is 3.67. The van der Waals surface area contributed by atoms with Crippen LogP contribution >= 0.6 is 0 Å². The van der Waals surface area contributed by atoms with Gasteiger partial charge in [0.15, 0.2) is 0 Å². The number of rotatable bonds is 0. The van der Waals surface area contributed by atoms with Gasteiger partial charge >= 0.3 is 0 Å². The predicted octanol–water partition coefficient (Wildman–Crippen LogP) is 5.26. The number of hydrogen-bond donors (Lipinski definition) is 2. The zero-order valence-electron chi connectivity index (χ0n) is 11.7. The van der Waals surface area contributed by atoms with Crippen molar-refractivity contribution in [2.45, 2.75) is 6.92 Å². The van der Waals surface area contributed by atoms with E-state index in [1.54, 1.807) is 0 Å². The summed E-state index contributed by atoms with van der Waals surface area (Å²) < 4.78 is 0. The second-order valence-electron chi connectivity index (χ2n) is 5.69. The van der Waals surface area contributed by atoms with E-state index >= 15 is 0 Å². The predicted molar refractivity (Wildman–Crippen MR) is 89.9 cm³/mol. The van der Waals surface area contributed by atoms with Crippen molar-refractivity contribution in [3.05, 3.63) is 60.2 Å². The topological polar surface area (TPSA) is 31.6 Å². The number of benzene rings is 3. The van der Waals surface area contributed by atoms with E-state index in [0.717, 1.165) is 0 Å². The first kappa shape index (κ1) is 11.0. The molecule has 2 aromatic heterocycles. The van der Waals surface area contributed by atoms with Crippen LogP contribution in [-0.4, -0.2) is 9.97 Å². The number of nitrogens with one attached hydrogen (secondary N) is 2. The quantitative estimate of drug-likeness (QED) is 0.384. The lowest BCUT2D eigenvalue weighted by Gasteiger charge is -2.00. The zero-order valence-corrected chi connectivity index (χ0v) is 11.7. The normalized spacial score (nSPS) is 12.0. The highest BCUT2D eigenvalue weighted by Crippen LogP contribution is 2.36. The van der Waals surface area contributed by atoms with Crippen molar-refractivity contribution in [1.29, 1.82) is 0 Å². The molecule has 0 atom stereocenters. The molecule has 0 amide bonds. The van der Waals surface area contributed by atoms with Crippen molar-refractivity contribution in [3.8, 4) is 0 Å². The molecule has 5 aromatic rings. The molecule has 0 unspecified atom stereocenters. The van der Waals surface area contributed by atoms with Gasteiger partial charge in [-0.3, -0.25) is 0 Å². The molecule has 0 aliphatic heterocycles. The van der Waals surface area contributed by atoms with Crippen molar-refractivity contribution in [2.24, 2.45) is 0 Å². The van der Waals surface area contributed by atoms with Gasteiger partial charge in [0, 0.05) is 38.1 Å². The van der Waals surface area contributed by atoms with E-state index in [1.807, 2.05) is 0 Å². The van der Waals surface area contributed by atoms with E-state index in [-0.39, 0.29) is 0 Å². The summed E-state index contributed by atoms with van der Waals surface area (Å²) in [5.41, 5.74) is 6.18.